The zero-order valence-corrected chi connectivity index (χ0v) is 17.2. The van der Waals surface area contributed by atoms with E-state index < -0.39 is 5.54 Å². The molecule has 0 saturated heterocycles. The average molecular weight is 374 g/mol. The van der Waals surface area contributed by atoms with E-state index in [1.807, 2.05) is 13.0 Å². The van der Waals surface area contributed by atoms with Gasteiger partial charge in [-0.2, -0.15) is 0 Å². The number of nitrogens with one attached hydrogen (secondary N) is 1. The molecule has 1 atom stereocenters. The molecule has 1 aliphatic heterocycles. The molecule has 0 saturated carbocycles. The topological polar surface area (TPSA) is 74.0 Å². The van der Waals surface area contributed by atoms with E-state index in [0.717, 1.165) is 38.9 Å². The summed E-state index contributed by atoms with van der Waals surface area (Å²) in [4.78, 5) is 21.7. The lowest BCUT2D eigenvalue weighted by Crippen LogP contribution is -2.47. The fourth-order valence-corrected chi connectivity index (χ4v) is 3.85. The molecule has 0 fully saturated rings. The van der Waals surface area contributed by atoms with E-state index in [1.165, 1.54) is 5.56 Å². The maximum absolute atomic E-state index is 12.9. The second kappa shape index (κ2) is 9.85. The van der Waals surface area contributed by atoms with E-state index in [1.54, 1.807) is 4.90 Å². The SMILES string of the molecule is CCCN(CCCN1C(=O)C(C)(CC(C)C)N=C1NN)Cc1ccccc1. The van der Waals surface area contributed by atoms with Gasteiger partial charge in [0.1, 0.15) is 5.54 Å². The number of carbonyl (C=O) groups excluding carboxylic acids is 1. The predicted octanol–water partition coefficient (Wildman–Crippen LogP) is 2.76. The average Bonchev–Trinajstić information content (AvgIpc) is 2.86. The summed E-state index contributed by atoms with van der Waals surface area (Å²) in [5, 5.41) is 0. The third-order valence-corrected chi connectivity index (χ3v) is 4.89. The van der Waals surface area contributed by atoms with Crippen LogP contribution in [-0.2, 0) is 11.3 Å². The quantitative estimate of drug-likeness (QED) is 0.488. The van der Waals surface area contributed by atoms with Crippen LogP contribution in [-0.4, -0.2) is 46.8 Å². The molecule has 2 rings (SSSR count). The molecule has 1 heterocycles. The summed E-state index contributed by atoms with van der Waals surface area (Å²) in [5.41, 5.74) is 3.23. The molecule has 1 aromatic carbocycles. The molecule has 1 aromatic rings. The lowest BCUT2D eigenvalue weighted by atomic mass is 9.91. The number of rotatable bonds is 10. The number of amides is 1. The number of benzene rings is 1. The van der Waals surface area contributed by atoms with E-state index in [2.05, 4.69) is 60.4 Å². The summed E-state index contributed by atoms with van der Waals surface area (Å²) in [6, 6.07) is 10.5. The van der Waals surface area contributed by atoms with Crippen molar-refractivity contribution < 1.29 is 4.79 Å². The van der Waals surface area contributed by atoms with Crippen LogP contribution in [0.5, 0.6) is 0 Å². The van der Waals surface area contributed by atoms with Crippen LogP contribution in [0.2, 0.25) is 0 Å². The molecule has 6 nitrogen and oxygen atoms in total. The standard InChI is InChI=1S/C21H35N5O/c1-5-12-25(16-18-10-7-6-8-11-18)13-9-14-26-19(27)21(4,15-17(2)3)23-20(26)24-22/h6-8,10-11,17H,5,9,12-16,22H2,1-4H3,(H,23,24). The number of aliphatic imine (C=N–C) groups is 1. The smallest absolute Gasteiger partial charge is 0.257 e. The Morgan fingerprint density at radius 2 is 1.96 bits per heavy atom. The van der Waals surface area contributed by atoms with Gasteiger partial charge < -0.3 is 0 Å². The van der Waals surface area contributed by atoms with Gasteiger partial charge in [-0.15, -0.1) is 0 Å². The Morgan fingerprint density at radius 3 is 2.56 bits per heavy atom. The first-order chi connectivity index (χ1) is 12.9. The molecule has 3 N–H and O–H groups in total. The summed E-state index contributed by atoms with van der Waals surface area (Å²) in [7, 11) is 0. The third kappa shape index (κ3) is 5.78. The number of nitrogens with zero attached hydrogens (tertiary/aromatic N) is 3. The molecule has 6 heteroatoms. The van der Waals surface area contributed by atoms with Crippen molar-refractivity contribution in [2.75, 3.05) is 19.6 Å². The molecule has 27 heavy (non-hydrogen) atoms. The van der Waals surface area contributed by atoms with E-state index in [9.17, 15) is 4.79 Å². The van der Waals surface area contributed by atoms with E-state index in [4.69, 9.17) is 5.84 Å². The monoisotopic (exact) mass is 373 g/mol. The van der Waals surface area contributed by atoms with Crippen LogP contribution in [0.1, 0.15) is 52.5 Å². The number of nitrogens with two attached hydrogens (primary N) is 1. The Morgan fingerprint density at radius 1 is 1.26 bits per heavy atom. The maximum Gasteiger partial charge on any atom is 0.257 e. The van der Waals surface area contributed by atoms with Crippen LogP contribution in [0.25, 0.3) is 0 Å². The van der Waals surface area contributed by atoms with Crippen molar-refractivity contribution in [3.05, 3.63) is 35.9 Å². The van der Waals surface area contributed by atoms with Crippen LogP contribution >= 0.6 is 0 Å². The fraction of sp³-hybridized carbons (Fsp3) is 0.619. The van der Waals surface area contributed by atoms with Crippen molar-refractivity contribution in [2.24, 2.45) is 16.8 Å². The minimum Gasteiger partial charge on any atom is -0.299 e. The van der Waals surface area contributed by atoms with Gasteiger partial charge in [-0.25, -0.2) is 10.8 Å². The van der Waals surface area contributed by atoms with Crippen molar-refractivity contribution in [2.45, 2.75) is 59.0 Å². The summed E-state index contributed by atoms with van der Waals surface area (Å²) in [6.07, 6.45) is 2.72. The lowest BCUT2D eigenvalue weighted by molar-refractivity contribution is -0.131. The Bertz CT molecular complexity index is 631. The number of guanidine groups is 1. The normalized spacial score (nSPS) is 19.9. The van der Waals surface area contributed by atoms with Gasteiger partial charge >= 0.3 is 0 Å². The molecule has 1 aliphatic rings. The zero-order valence-electron chi connectivity index (χ0n) is 17.2. The molecule has 150 valence electrons. The lowest BCUT2D eigenvalue weighted by Gasteiger charge is -2.26. The van der Waals surface area contributed by atoms with Crippen LogP contribution in [0.4, 0.5) is 0 Å². The van der Waals surface area contributed by atoms with Crippen molar-refractivity contribution >= 4 is 11.9 Å². The highest BCUT2D eigenvalue weighted by molar-refractivity contribution is 6.06. The largest absolute Gasteiger partial charge is 0.299 e. The first kappa shape index (κ1) is 21.4. The first-order valence-electron chi connectivity index (χ1n) is 10.0. The molecule has 0 radical (unpaired) electrons. The molecule has 1 unspecified atom stereocenters. The minimum absolute atomic E-state index is 0.0502. The molecule has 1 amide bonds. The van der Waals surface area contributed by atoms with Gasteiger partial charge in [-0.05, 0) is 44.2 Å². The van der Waals surface area contributed by atoms with Gasteiger partial charge in [0.15, 0.2) is 0 Å². The Hall–Kier alpha value is -1.92. The van der Waals surface area contributed by atoms with Crippen molar-refractivity contribution in [3.63, 3.8) is 0 Å². The first-order valence-corrected chi connectivity index (χ1v) is 10.0. The van der Waals surface area contributed by atoms with Crippen LogP contribution in [0, 0.1) is 5.92 Å². The summed E-state index contributed by atoms with van der Waals surface area (Å²) in [5.74, 6) is 6.57. The van der Waals surface area contributed by atoms with Crippen molar-refractivity contribution in [1.82, 2.24) is 15.2 Å². The van der Waals surface area contributed by atoms with Gasteiger partial charge in [0.25, 0.3) is 5.91 Å². The van der Waals surface area contributed by atoms with Crippen molar-refractivity contribution in [3.8, 4) is 0 Å². The van der Waals surface area contributed by atoms with Gasteiger partial charge in [-0.1, -0.05) is 51.1 Å². The second-order valence-corrected chi connectivity index (χ2v) is 8.02. The molecule has 0 bridgehead atoms. The van der Waals surface area contributed by atoms with E-state index >= 15 is 0 Å². The summed E-state index contributed by atoms with van der Waals surface area (Å²) < 4.78 is 0. The number of hydrogen-bond acceptors (Lipinski definition) is 5. The molecule has 0 aromatic heterocycles. The van der Waals surface area contributed by atoms with Crippen LogP contribution in [0.3, 0.4) is 0 Å². The highest BCUT2D eigenvalue weighted by atomic mass is 16.2. The molecule has 0 spiro atoms. The zero-order chi connectivity index (χ0) is 19.9. The Balaban J connectivity index is 1.93. The maximum atomic E-state index is 12.9. The highest BCUT2D eigenvalue weighted by Gasteiger charge is 2.44. The minimum atomic E-state index is -0.705. The summed E-state index contributed by atoms with van der Waals surface area (Å²) in [6.45, 7) is 11.9. The highest BCUT2D eigenvalue weighted by Crippen LogP contribution is 2.28. The number of hydrogen-bond donors (Lipinski definition) is 2. The Kier molecular flexibility index (Phi) is 7.80. The molecule has 0 aliphatic carbocycles. The fourth-order valence-electron chi connectivity index (χ4n) is 3.85. The van der Waals surface area contributed by atoms with Crippen LogP contribution in [0.15, 0.2) is 35.3 Å². The molecular formula is C21H35N5O. The number of carbonyl (C=O) groups is 1. The summed E-state index contributed by atoms with van der Waals surface area (Å²) >= 11 is 0. The van der Waals surface area contributed by atoms with Gasteiger partial charge in [-0.3, -0.25) is 20.0 Å². The van der Waals surface area contributed by atoms with E-state index in [0.29, 0.717) is 18.4 Å². The third-order valence-electron chi connectivity index (χ3n) is 4.89. The van der Waals surface area contributed by atoms with Crippen LogP contribution < -0.4 is 11.3 Å². The van der Waals surface area contributed by atoms with Gasteiger partial charge in [0, 0.05) is 19.6 Å². The Labute approximate surface area is 163 Å². The van der Waals surface area contributed by atoms with Crippen molar-refractivity contribution in [1.29, 1.82) is 0 Å². The predicted molar refractivity (Wildman–Crippen MR) is 111 cm³/mol. The van der Waals surface area contributed by atoms with E-state index in [-0.39, 0.29) is 5.91 Å². The molecular weight excluding hydrogens is 338 g/mol. The second-order valence-electron chi connectivity index (χ2n) is 8.02. The number of hydrazine groups is 1. The van der Waals surface area contributed by atoms with Gasteiger partial charge in [0.05, 0.1) is 0 Å². The van der Waals surface area contributed by atoms with Gasteiger partial charge in [0.2, 0.25) is 5.96 Å².